The van der Waals surface area contributed by atoms with Gasteiger partial charge in [-0.1, -0.05) is 67.6 Å². The highest BCUT2D eigenvalue weighted by atomic mass is 32.2. The number of amides is 1. The zero-order valence-corrected chi connectivity index (χ0v) is 19.0. The van der Waals surface area contributed by atoms with Crippen molar-refractivity contribution in [3.63, 3.8) is 0 Å². The third kappa shape index (κ3) is 6.06. The fourth-order valence-electron chi connectivity index (χ4n) is 2.93. The van der Waals surface area contributed by atoms with E-state index in [9.17, 15) is 13.2 Å². The van der Waals surface area contributed by atoms with Crippen molar-refractivity contribution in [2.45, 2.75) is 25.2 Å². The van der Waals surface area contributed by atoms with Crippen LogP contribution in [0.2, 0.25) is 0 Å². The van der Waals surface area contributed by atoms with Crippen molar-refractivity contribution in [2.75, 3.05) is 18.4 Å². The summed E-state index contributed by atoms with van der Waals surface area (Å²) in [4.78, 5) is 12.4. The van der Waals surface area contributed by atoms with Crippen LogP contribution in [-0.4, -0.2) is 41.9 Å². The van der Waals surface area contributed by atoms with Gasteiger partial charge < -0.3 is 0 Å². The quantitative estimate of drug-likeness (QED) is 0.494. The molecular weight excluding hydrogens is 432 g/mol. The van der Waals surface area contributed by atoms with Gasteiger partial charge in [0.2, 0.25) is 21.1 Å². The number of carbonyl (C=O) groups is 1. The average molecular weight is 457 g/mol. The predicted octanol–water partition coefficient (Wildman–Crippen LogP) is 3.81. The van der Waals surface area contributed by atoms with Gasteiger partial charge in [-0.05, 0) is 29.3 Å². The zero-order valence-electron chi connectivity index (χ0n) is 17.4. The number of nitrogens with zero attached hydrogens (tertiary/aromatic N) is 3. The predicted molar refractivity (Wildman–Crippen MR) is 123 cm³/mol. The van der Waals surface area contributed by atoms with E-state index in [-0.39, 0.29) is 10.8 Å². The van der Waals surface area contributed by atoms with Crippen molar-refractivity contribution in [2.24, 2.45) is 0 Å². The molecule has 0 aliphatic heterocycles. The first-order valence-electron chi connectivity index (χ1n) is 9.88. The van der Waals surface area contributed by atoms with Crippen molar-refractivity contribution in [1.29, 1.82) is 0 Å². The molecule has 0 unspecified atom stereocenters. The van der Waals surface area contributed by atoms with Gasteiger partial charge in [-0.25, -0.2) is 8.42 Å². The van der Waals surface area contributed by atoms with Crippen LogP contribution in [0.25, 0.3) is 6.08 Å². The molecule has 1 aromatic heterocycles. The molecule has 0 saturated carbocycles. The second-order valence-corrected chi connectivity index (χ2v) is 9.64. The van der Waals surface area contributed by atoms with E-state index in [4.69, 9.17) is 0 Å². The molecule has 7 nitrogen and oxygen atoms in total. The van der Waals surface area contributed by atoms with E-state index in [1.165, 1.54) is 21.7 Å². The van der Waals surface area contributed by atoms with Gasteiger partial charge in [0.15, 0.2) is 0 Å². The van der Waals surface area contributed by atoms with E-state index >= 15 is 0 Å². The molecule has 0 aliphatic carbocycles. The standard InChI is InChI=1S/C22H24N4O3S2/c1-3-26(4-2)31(28,29)19-13-10-17(11-14-19)12-15-20(27)23-22-25-24-21(30-22)16-18-8-6-5-7-9-18/h5-15H,3-4,16H2,1-2H3,(H,23,25,27)/b15-12+. The van der Waals surface area contributed by atoms with Gasteiger partial charge in [0.05, 0.1) is 4.90 Å². The molecule has 0 bridgehead atoms. The van der Waals surface area contributed by atoms with Crippen LogP contribution in [-0.2, 0) is 21.2 Å². The highest BCUT2D eigenvalue weighted by Gasteiger charge is 2.20. The smallest absolute Gasteiger partial charge is 0.250 e. The van der Waals surface area contributed by atoms with E-state index in [1.807, 2.05) is 30.3 Å². The van der Waals surface area contributed by atoms with Crippen LogP contribution in [0, 0.1) is 0 Å². The highest BCUT2D eigenvalue weighted by Crippen LogP contribution is 2.19. The van der Waals surface area contributed by atoms with Gasteiger partial charge in [-0.2, -0.15) is 4.31 Å². The molecule has 0 spiro atoms. The Labute approximate surface area is 186 Å². The second-order valence-electron chi connectivity index (χ2n) is 6.64. The number of nitrogens with one attached hydrogen (secondary N) is 1. The summed E-state index contributed by atoms with van der Waals surface area (Å²) in [6.07, 6.45) is 3.66. The Bertz CT molecular complexity index is 1140. The number of anilines is 1. The minimum absolute atomic E-state index is 0.234. The van der Waals surface area contributed by atoms with Crippen molar-refractivity contribution in [1.82, 2.24) is 14.5 Å². The van der Waals surface area contributed by atoms with Gasteiger partial charge in [0, 0.05) is 25.6 Å². The van der Waals surface area contributed by atoms with Crippen LogP contribution >= 0.6 is 11.3 Å². The molecule has 1 heterocycles. The van der Waals surface area contributed by atoms with Gasteiger partial charge in [-0.15, -0.1) is 10.2 Å². The van der Waals surface area contributed by atoms with Crippen LogP contribution < -0.4 is 5.32 Å². The van der Waals surface area contributed by atoms with Gasteiger partial charge in [0.1, 0.15) is 5.01 Å². The third-order valence-corrected chi connectivity index (χ3v) is 7.45. The molecule has 1 amide bonds. The van der Waals surface area contributed by atoms with Gasteiger partial charge >= 0.3 is 0 Å². The van der Waals surface area contributed by atoms with E-state index in [0.717, 1.165) is 16.1 Å². The number of carbonyl (C=O) groups excluding carboxylic acids is 1. The highest BCUT2D eigenvalue weighted by molar-refractivity contribution is 7.89. The molecule has 0 radical (unpaired) electrons. The Balaban J connectivity index is 1.59. The van der Waals surface area contributed by atoms with E-state index < -0.39 is 10.0 Å². The number of aromatic nitrogens is 2. The maximum atomic E-state index is 12.5. The zero-order chi connectivity index (χ0) is 22.3. The van der Waals surface area contributed by atoms with Crippen molar-refractivity contribution < 1.29 is 13.2 Å². The van der Waals surface area contributed by atoms with E-state index in [2.05, 4.69) is 15.5 Å². The summed E-state index contributed by atoms with van der Waals surface area (Å²) in [6.45, 7) is 4.44. The molecule has 162 valence electrons. The molecule has 9 heteroatoms. The topological polar surface area (TPSA) is 92.3 Å². The maximum absolute atomic E-state index is 12.5. The van der Waals surface area contributed by atoms with Crippen LogP contribution in [0.3, 0.4) is 0 Å². The number of sulfonamides is 1. The fourth-order valence-corrected chi connectivity index (χ4v) is 5.16. The van der Waals surface area contributed by atoms with Crippen LogP contribution in [0.4, 0.5) is 5.13 Å². The fraction of sp³-hybridized carbons (Fsp3) is 0.227. The van der Waals surface area contributed by atoms with Crippen LogP contribution in [0.5, 0.6) is 0 Å². The number of rotatable bonds is 9. The first kappa shape index (κ1) is 22.8. The normalized spacial score (nSPS) is 11.8. The Morgan fingerprint density at radius 2 is 1.71 bits per heavy atom. The van der Waals surface area contributed by atoms with Crippen LogP contribution in [0.1, 0.15) is 30.0 Å². The summed E-state index contributed by atoms with van der Waals surface area (Å²) in [5.41, 5.74) is 1.85. The molecule has 1 N–H and O–H groups in total. The molecular formula is C22H24N4O3S2. The molecule has 3 aromatic rings. The van der Waals surface area contributed by atoms with E-state index in [0.29, 0.717) is 24.6 Å². The van der Waals surface area contributed by atoms with Crippen LogP contribution in [0.15, 0.2) is 65.6 Å². The lowest BCUT2D eigenvalue weighted by atomic mass is 10.2. The maximum Gasteiger partial charge on any atom is 0.250 e. The minimum atomic E-state index is -3.49. The van der Waals surface area contributed by atoms with E-state index in [1.54, 1.807) is 44.2 Å². The second kappa shape index (κ2) is 10.4. The molecule has 0 atom stereocenters. The molecule has 0 aliphatic rings. The largest absolute Gasteiger partial charge is 0.297 e. The first-order chi connectivity index (χ1) is 14.9. The monoisotopic (exact) mass is 456 g/mol. The Kier molecular flexibility index (Phi) is 7.67. The Morgan fingerprint density at radius 3 is 2.35 bits per heavy atom. The first-order valence-corrected chi connectivity index (χ1v) is 12.1. The summed E-state index contributed by atoms with van der Waals surface area (Å²) in [7, 11) is -3.49. The molecule has 0 fully saturated rings. The SMILES string of the molecule is CCN(CC)S(=O)(=O)c1ccc(/C=C/C(=O)Nc2nnc(Cc3ccccc3)s2)cc1. The lowest BCUT2D eigenvalue weighted by molar-refractivity contribution is -0.111. The average Bonchev–Trinajstić information content (AvgIpc) is 3.20. The Morgan fingerprint density at radius 1 is 1.03 bits per heavy atom. The lowest BCUT2D eigenvalue weighted by Gasteiger charge is -2.18. The Hall–Kier alpha value is -2.88. The minimum Gasteiger partial charge on any atom is -0.297 e. The van der Waals surface area contributed by atoms with Crippen molar-refractivity contribution >= 4 is 38.5 Å². The lowest BCUT2D eigenvalue weighted by Crippen LogP contribution is -2.30. The molecule has 0 saturated heterocycles. The summed E-state index contributed by atoms with van der Waals surface area (Å²) in [5.74, 6) is -0.331. The number of hydrogen-bond acceptors (Lipinski definition) is 6. The van der Waals surface area contributed by atoms with Crippen molar-refractivity contribution in [3.8, 4) is 0 Å². The summed E-state index contributed by atoms with van der Waals surface area (Å²) in [5, 5.41) is 12.1. The van der Waals surface area contributed by atoms with Gasteiger partial charge in [0.25, 0.3) is 0 Å². The molecule has 31 heavy (non-hydrogen) atoms. The molecule has 2 aromatic carbocycles. The third-order valence-electron chi connectivity index (χ3n) is 4.55. The van der Waals surface area contributed by atoms with Crippen molar-refractivity contribution in [3.05, 3.63) is 76.8 Å². The summed E-state index contributed by atoms with van der Waals surface area (Å²) >= 11 is 1.33. The number of hydrogen-bond donors (Lipinski definition) is 1. The van der Waals surface area contributed by atoms with Gasteiger partial charge in [-0.3, -0.25) is 10.1 Å². The summed E-state index contributed by atoms with van der Waals surface area (Å²) < 4.78 is 26.5. The summed E-state index contributed by atoms with van der Waals surface area (Å²) in [6, 6.07) is 16.4. The number of benzene rings is 2. The molecule has 3 rings (SSSR count).